The van der Waals surface area contributed by atoms with Crippen molar-refractivity contribution in [2.45, 2.75) is 4.75 Å². The molecule has 0 aliphatic heterocycles. The zero-order valence-electron chi connectivity index (χ0n) is 14.3. The SMILES string of the molecule is O=S(=O)(O)C(c1ccc(Cl)cc1)(c1cc(Cl)cc(Cl)c1)c1cc(Cl)c(O)cc1O. The van der Waals surface area contributed by atoms with E-state index in [-0.39, 0.29) is 31.8 Å². The lowest BCUT2D eigenvalue weighted by Crippen LogP contribution is -2.38. The molecule has 3 N–H and O–H groups in total. The van der Waals surface area contributed by atoms with Crippen LogP contribution in [0.4, 0.5) is 0 Å². The highest BCUT2D eigenvalue weighted by Gasteiger charge is 2.50. The van der Waals surface area contributed by atoms with E-state index in [0.29, 0.717) is 5.02 Å². The Labute approximate surface area is 186 Å². The standard InChI is InChI=1S/C19H12Cl4O5S/c20-12-3-1-10(2-4-12)19(29(26,27)28,11-5-13(21)7-14(22)6-11)15-8-16(23)18(25)9-17(15)24/h1-9,24-25H,(H,26,27,28). The van der Waals surface area contributed by atoms with Gasteiger partial charge in [0.1, 0.15) is 11.5 Å². The van der Waals surface area contributed by atoms with Crippen LogP contribution in [0.25, 0.3) is 0 Å². The first-order valence-electron chi connectivity index (χ1n) is 7.88. The summed E-state index contributed by atoms with van der Waals surface area (Å²) in [6.07, 6.45) is 0. The van der Waals surface area contributed by atoms with Gasteiger partial charge in [-0.2, -0.15) is 8.42 Å². The van der Waals surface area contributed by atoms with Gasteiger partial charge in [-0.15, -0.1) is 0 Å². The van der Waals surface area contributed by atoms with Crippen molar-refractivity contribution in [3.8, 4) is 11.5 Å². The molecule has 0 aromatic heterocycles. The molecule has 0 aliphatic rings. The Morgan fingerprint density at radius 1 is 0.690 bits per heavy atom. The summed E-state index contributed by atoms with van der Waals surface area (Å²) in [5.74, 6) is -1.10. The molecule has 0 spiro atoms. The number of phenols is 2. The zero-order valence-corrected chi connectivity index (χ0v) is 18.1. The van der Waals surface area contributed by atoms with Crippen LogP contribution in [0.2, 0.25) is 20.1 Å². The Morgan fingerprint density at radius 3 is 1.76 bits per heavy atom. The normalized spacial score (nSPS) is 13.8. The molecule has 0 bridgehead atoms. The minimum absolute atomic E-state index is 0.0276. The maximum absolute atomic E-state index is 12.9. The predicted octanol–water partition coefficient (Wildman–Crippen LogP) is 5.89. The summed E-state index contributed by atoms with van der Waals surface area (Å²) < 4.78 is 33.9. The number of hydrogen-bond acceptors (Lipinski definition) is 4. The van der Waals surface area contributed by atoms with Gasteiger partial charge in [0.05, 0.1) is 5.02 Å². The van der Waals surface area contributed by atoms with Crippen molar-refractivity contribution >= 4 is 56.5 Å². The summed E-state index contributed by atoms with van der Waals surface area (Å²) in [7, 11) is -5.04. The van der Waals surface area contributed by atoms with Crippen LogP contribution in [0.5, 0.6) is 11.5 Å². The fraction of sp³-hybridized carbons (Fsp3) is 0.0526. The molecular formula is C19H12Cl4O5S. The van der Waals surface area contributed by atoms with Crippen LogP contribution in [0.3, 0.4) is 0 Å². The Kier molecular flexibility index (Phi) is 5.98. The van der Waals surface area contributed by atoms with Crippen LogP contribution in [-0.2, 0) is 14.9 Å². The molecule has 29 heavy (non-hydrogen) atoms. The van der Waals surface area contributed by atoms with Crippen LogP contribution >= 0.6 is 46.4 Å². The number of rotatable bonds is 4. The van der Waals surface area contributed by atoms with Crippen molar-refractivity contribution in [2.75, 3.05) is 0 Å². The maximum Gasteiger partial charge on any atom is 0.283 e. The number of aromatic hydroxyl groups is 2. The molecule has 152 valence electrons. The first-order chi connectivity index (χ1) is 13.5. The molecule has 0 saturated heterocycles. The van der Waals surface area contributed by atoms with Crippen molar-refractivity contribution < 1.29 is 23.2 Å². The number of halogens is 4. The molecule has 0 heterocycles. The minimum Gasteiger partial charge on any atom is -0.507 e. The van der Waals surface area contributed by atoms with Gasteiger partial charge >= 0.3 is 0 Å². The van der Waals surface area contributed by atoms with Gasteiger partial charge in [0, 0.05) is 26.7 Å². The van der Waals surface area contributed by atoms with Crippen LogP contribution in [0.1, 0.15) is 16.7 Å². The van der Waals surface area contributed by atoms with Crippen molar-refractivity contribution in [2.24, 2.45) is 0 Å². The predicted molar refractivity (Wildman–Crippen MR) is 114 cm³/mol. The van der Waals surface area contributed by atoms with Gasteiger partial charge in [-0.1, -0.05) is 58.5 Å². The summed E-state index contributed by atoms with van der Waals surface area (Å²) >= 11 is 24.1. The van der Waals surface area contributed by atoms with E-state index in [1.807, 2.05) is 0 Å². The van der Waals surface area contributed by atoms with Crippen LogP contribution in [0, 0.1) is 0 Å². The second kappa shape index (κ2) is 7.87. The van der Waals surface area contributed by atoms with Crippen molar-refractivity contribution in [3.63, 3.8) is 0 Å². The topological polar surface area (TPSA) is 94.8 Å². The third kappa shape index (κ3) is 3.89. The maximum atomic E-state index is 12.9. The molecule has 3 aromatic rings. The molecule has 5 nitrogen and oxygen atoms in total. The highest BCUT2D eigenvalue weighted by molar-refractivity contribution is 7.87. The average Bonchev–Trinajstić information content (AvgIpc) is 2.59. The third-order valence-electron chi connectivity index (χ3n) is 4.35. The van der Waals surface area contributed by atoms with E-state index in [0.717, 1.165) is 12.1 Å². The fourth-order valence-corrected chi connectivity index (χ4v) is 5.30. The third-order valence-corrected chi connectivity index (χ3v) is 6.81. The van der Waals surface area contributed by atoms with Crippen LogP contribution in [0.15, 0.2) is 54.6 Å². The molecule has 1 atom stereocenters. The first-order valence-corrected chi connectivity index (χ1v) is 10.8. The quantitative estimate of drug-likeness (QED) is 0.311. The van der Waals surface area contributed by atoms with Gasteiger partial charge < -0.3 is 10.2 Å². The van der Waals surface area contributed by atoms with Gasteiger partial charge in [-0.3, -0.25) is 4.55 Å². The van der Waals surface area contributed by atoms with E-state index in [4.69, 9.17) is 46.4 Å². The molecule has 0 amide bonds. The monoisotopic (exact) mass is 492 g/mol. The van der Waals surface area contributed by atoms with E-state index >= 15 is 0 Å². The largest absolute Gasteiger partial charge is 0.507 e. The lowest BCUT2D eigenvalue weighted by Gasteiger charge is -2.33. The molecule has 3 aromatic carbocycles. The van der Waals surface area contributed by atoms with E-state index in [1.54, 1.807) is 0 Å². The molecule has 0 radical (unpaired) electrons. The highest BCUT2D eigenvalue weighted by Crippen LogP contribution is 2.50. The van der Waals surface area contributed by atoms with E-state index in [1.165, 1.54) is 42.5 Å². The number of phenolic OH excluding ortho intramolecular Hbond substituents is 2. The molecule has 3 rings (SSSR count). The van der Waals surface area contributed by atoms with Gasteiger partial charge in [-0.25, -0.2) is 0 Å². The summed E-state index contributed by atoms with van der Waals surface area (Å²) in [6.45, 7) is 0. The fourth-order valence-electron chi connectivity index (χ4n) is 3.19. The first kappa shape index (κ1) is 22.0. The van der Waals surface area contributed by atoms with Gasteiger partial charge in [0.25, 0.3) is 10.1 Å². The lowest BCUT2D eigenvalue weighted by molar-refractivity contribution is 0.431. The lowest BCUT2D eigenvalue weighted by atomic mass is 9.83. The Hall–Kier alpha value is -1.67. The second-order valence-corrected chi connectivity index (χ2v) is 9.42. The number of benzene rings is 3. The van der Waals surface area contributed by atoms with Crippen molar-refractivity contribution in [1.29, 1.82) is 0 Å². The van der Waals surface area contributed by atoms with Crippen molar-refractivity contribution in [1.82, 2.24) is 0 Å². The van der Waals surface area contributed by atoms with E-state index < -0.39 is 26.4 Å². The average molecular weight is 494 g/mol. The molecule has 0 fully saturated rings. The molecule has 10 heteroatoms. The van der Waals surface area contributed by atoms with Gasteiger partial charge in [0.2, 0.25) is 0 Å². The van der Waals surface area contributed by atoms with Crippen molar-refractivity contribution in [3.05, 3.63) is 91.4 Å². The summed E-state index contributed by atoms with van der Waals surface area (Å²) in [5, 5.41) is 20.6. The minimum atomic E-state index is -5.04. The zero-order chi connectivity index (χ0) is 21.6. The smallest absolute Gasteiger partial charge is 0.283 e. The van der Waals surface area contributed by atoms with Crippen LogP contribution < -0.4 is 0 Å². The summed E-state index contributed by atoms with van der Waals surface area (Å²) in [5.41, 5.74) is -0.347. The van der Waals surface area contributed by atoms with E-state index in [9.17, 15) is 23.2 Å². The summed E-state index contributed by atoms with van der Waals surface area (Å²) in [4.78, 5) is 0. The Bertz CT molecular complexity index is 1180. The highest BCUT2D eigenvalue weighted by atomic mass is 35.5. The Morgan fingerprint density at radius 2 is 1.24 bits per heavy atom. The number of hydrogen-bond donors (Lipinski definition) is 3. The Balaban J connectivity index is 2.58. The van der Waals surface area contributed by atoms with Gasteiger partial charge in [0.15, 0.2) is 4.75 Å². The molecule has 1 unspecified atom stereocenters. The van der Waals surface area contributed by atoms with E-state index in [2.05, 4.69) is 0 Å². The van der Waals surface area contributed by atoms with Gasteiger partial charge in [-0.05, 0) is 47.5 Å². The summed E-state index contributed by atoms with van der Waals surface area (Å²) in [6, 6.07) is 11.4. The molecular weight excluding hydrogens is 482 g/mol. The molecule has 0 saturated carbocycles. The second-order valence-electron chi connectivity index (χ2n) is 6.14. The molecule has 0 aliphatic carbocycles. The van der Waals surface area contributed by atoms with Crippen LogP contribution in [-0.4, -0.2) is 23.2 Å².